The van der Waals surface area contributed by atoms with E-state index >= 15 is 0 Å². The Morgan fingerprint density at radius 3 is 2.33 bits per heavy atom. The molecule has 1 aromatic heterocycles. The quantitative estimate of drug-likeness (QED) is 0.196. The molecule has 0 unspecified atom stereocenters. The van der Waals surface area contributed by atoms with Crippen LogP contribution in [0.5, 0.6) is 0 Å². The van der Waals surface area contributed by atoms with Gasteiger partial charge in [0.05, 0.1) is 11.1 Å². The van der Waals surface area contributed by atoms with Gasteiger partial charge in [0, 0.05) is 21.7 Å². The molecule has 30 heavy (non-hydrogen) atoms. The van der Waals surface area contributed by atoms with E-state index in [1.807, 2.05) is 97.9 Å². The van der Waals surface area contributed by atoms with Crippen LogP contribution in [0.25, 0.3) is 28.1 Å². The van der Waals surface area contributed by atoms with Crippen LogP contribution in [0, 0.1) is 6.92 Å². The second kappa shape index (κ2) is 8.89. The third-order valence-corrected chi connectivity index (χ3v) is 5.12. The fourth-order valence-corrected chi connectivity index (χ4v) is 3.69. The molecular weight excluding hydrogens is 390 g/mol. The molecule has 4 rings (SSSR count). The van der Waals surface area contributed by atoms with Gasteiger partial charge in [0.2, 0.25) is 0 Å². The van der Waals surface area contributed by atoms with Gasteiger partial charge in [-0.05, 0) is 42.3 Å². The number of fused-ring (bicyclic) bond motifs is 1. The standard InChI is InChI=1S/C27H20ClNO/c1-19-26(25(30)15-9-8-12-20-10-4-2-5-11-20)27(21-13-6-3-7-14-21)23-18-22(28)16-17-24(23)29-19/h2-18H,1H3/b12-8+,15-9+. The summed E-state index contributed by atoms with van der Waals surface area (Å²) in [5.74, 6) is -0.0848. The Kier molecular flexibility index (Phi) is 5.87. The first-order chi connectivity index (χ1) is 14.6. The van der Waals surface area contributed by atoms with Gasteiger partial charge in [-0.2, -0.15) is 0 Å². The highest BCUT2D eigenvalue weighted by Gasteiger charge is 2.19. The maximum atomic E-state index is 13.2. The number of hydrogen-bond acceptors (Lipinski definition) is 2. The molecule has 0 aliphatic carbocycles. The highest BCUT2D eigenvalue weighted by molar-refractivity contribution is 6.31. The Morgan fingerprint density at radius 1 is 0.900 bits per heavy atom. The Morgan fingerprint density at radius 2 is 1.60 bits per heavy atom. The second-order valence-corrected chi connectivity index (χ2v) is 7.40. The number of halogens is 1. The largest absolute Gasteiger partial charge is 0.289 e. The third-order valence-electron chi connectivity index (χ3n) is 4.88. The van der Waals surface area contributed by atoms with Crippen LogP contribution in [0.3, 0.4) is 0 Å². The lowest BCUT2D eigenvalue weighted by Crippen LogP contribution is -2.05. The number of ketones is 1. The summed E-state index contributed by atoms with van der Waals surface area (Å²) in [5, 5.41) is 1.49. The van der Waals surface area contributed by atoms with Gasteiger partial charge in [-0.3, -0.25) is 9.78 Å². The molecule has 0 saturated heterocycles. The number of aryl methyl sites for hydroxylation is 1. The Labute approximate surface area is 181 Å². The van der Waals surface area contributed by atoms with Crippen molar-refractivity contribution in [1.29, 1.82) is 0 Å². The Balaban J connectivity index is 1.79. The molecule has 2 nitrogen and oxygen atoms in total. The van der Waals surface area contributed by atoms with Crippen molar-refractivity contribution in [2.45, 2.75) is 6.92 Å². The van der Waals surface area contributed by atoms with Crippen molar-refractivity contribution >= 4 is 34.4 Å². The maximum Gasteiger partial charge on any atom is 0.188 e. The minimum Gasteiger partial charge on any atom is -0.289 e. The fraction of sp³-hybridized carbons (Fsp3) is 0.0370. The van der Waals surface area contributed by atoms with Crippen LogP contribution in [-0.2, 0) is 0 Å². The van der Waals surface area contributed by atoms with Gasteiger partial charge in [0.1, 0.15) is 0 Å². The topological polar surface area (TPSA) is 30.0 Å². The number of hydrogen-bond donors (Lipinski definition) is 0. The predicted octanol–water partition coefficient (Wildman–Crippen LogP) is 7.32. The lowest BCUT2D eigenvalue weighted by Gasteiger charge is -2.14. The van der Waals surface area contributed by atoms with Crippen molar-refractivity contribution in [3.05, 3.63) is 119 Å². The number of benzene rings is 3. The monoisotopic (exact) mass is 409 g/mol. The summed E-state index contributed by atoms with van der Waals surface area (Å²) in [5.41, 5.74) is 5.03. The molecule has 1 heterocycles. The minimum absolute atomic E-state index is 0.0848. The zero-order valence-electron chi connectivity index (χ0n) is 16.5. The third kappa shape index (κ3) is 4.24. The lowest BCUT2D eigenvalue weighted by atomic mass is 9.92. The molecule has 3 aromatic carbocycles. The highest BCUT2D eigenvalue weighted by Crippen LogP contribution is 2.34. The second-order valence-electron chi connectivity index (χ2n) is 6.97. The summed E-state index contributed by atoms with van der Waals surface area (Å²) >= 11 is 6.27. The van der Waals surface area contributed by atoms with E-state index in [9.17, 15) is 4.79 Å². The first-order valence-electron chi connectivity index (χ1n) is 9.73. The molecule has 0 saturated carbocycles. The zero-order valence-corrected chi connectivity index (χ0v) is 17.3. The molecule has 0 aliphatic heterocycles. The Hall–Kier alpha value is -3.49. The number of allylic oxidation sites excluding steroid dienone is 3. The van der Waals surface area contributed by atoms with E-state index in [0.717, 1.165) is 27.6 Å². The SMILES string of the molecule is Cc1nc2ccc(Cl)cc2c(-c2ccccc2)c1C(=O)/C=C/C=C/c1ccccc1. The van der Waals surface area contributed by atoms with Crippen molar-refractivity contribution < 1.29 is 4.79 Å². The van der Waals surface area contributed by atoms with Crippen LogP contribution in [0.15, 0.2) is 97.1 Å². The summed E-state index contributed by atoms with van der Waals surface area (Å²) in [6.45, 7) is 1.88. The molecule has 0 radical (unpaired) electrons. The molecule has 0 fully saturated rings. The molecule has 0 amide bonds. The summed E-state index contributed by atoms with van der Waals surface area (Å²) < 4.78 is 0. The van der Waals surface area contributed by atoms with Crippen LogP contribution < -0.4 is 0 Å². The maximum absolute atomic E-state index is 13.2. The average Bonchev–Trinajstić information content (AvgIpc) is 2.77. The van der Waals surface area contributed by atoms with Gasteiger partial charge in [-0.1, -0.05) is 90.5 Å². The zero-order chi connectivity index (χ0) is 20.9. The molecule has 0 aliphatic rings. The molecular formula is C27H20ClNO. The normalized spacial score (nSPS) is 11.5. The van der Waals surface area contributed by atoms with Crippen molar-refractivity contribution in [2.75, 3.05) is 0 Å². The first kappa shape index (κ1) is 19.8. The van der Waals surface area contributed by atoms with E-state index in [4.69, 9.17) is 11.6 Å². The van der Waals surface area contributed by atoms with Crippen molar-refractivity contribution in [3.8, 4) is 11.1 Å². The molecule has 0 spiro atoms. The van der Waals surface area contributed by atoms with Gasteiger partial charge in [0.25, 0.3) is 0 Å². The van der Waals surface area contributed by atoms with Crippen LogP contribution in [0.4, 0.5) is 0 Å². The van der Waals surface area contributed by atoms with Gasteiger partial charge in [0.15, 0.2) is 5.78 Å². The van der Waals surface area contributed by atoms with Crippen LogP contribution in [0.2, 0.25) is 5.02 Å². The van der Waals surface area contributed by atoms with E-state index in [0.29, 0.717) is 16.3 Å². The lowest BCUT2D eigenvalue weighted by molar-refractivity contribution is 0.104. The Bertz CT molecular complexity index is 1260. The number of carbonyl (C=O) groups is 1. The molecule has 0 N–H and O–H groups in total. The van der Waals surface area contributed by atoms with Gasteiger partial charge >= 0.3 is 0 Å². The van der Waals surface area contributed by atoms with Crippen LogP contribution in [-0.4, -0.2) is 10.8 Å². The number of pyridine rings is 1. The molecule has 4 aromatic rings. The summed E-state index contributed by atoms with van der Waals surface area (Å²) in [7, 11) is 0. The van der Waals surface area contributed by atoms with Crippen molar-refractivity contribution in [3.63, 3.8) is 0 Å². The van der Waals surface area contributed by atoms with Gasteiger partial charge < -0.3 is 0 Å². The first-order valence-corrected chi connectivity index (χ1v) is 10.1. The van der Waals surface area contributed by atoms with E-state index in [1.54, 1.807) is 12.2 Å². The predicted molar refractivity (Wildman–Crippen MR) is 126 cm³/mol. The van der Waals surface area contributed by atoms with E-state index < -0.39 is 0 Å². The van der Waals surface area contributed by atoms with E-state index in [-0.39, 0.29) is 5.78 Å². The molecule has 0 bridgehead atoms. The molecule has 0 atom stereocenters. The van der Waals surface area contributed by atoms with Crippen molar-refractivity contribution in [1.82, 2.24) is 4.98 Å². The fourth-order valence-electron chi connectivity index (χ4n) is 3.52. The number of carbonyl (C=O) groups excluding carboxylic acids is 1. The van der Waals surface area contributed by atoms with Crippen LogP contribution >= 0.6 is 11.6 Å². The van der Waals surface area contributed by atoms with E-state index in [2.05, 4.69) is 4.98 Å². The summed E-state index contributed by atoms with van der Waals surface area (Å²) in [6, 6.07) is 25.5. The summed E-state index contributed by atoms with van der Waals surface area (Å²) in [4.78, 5) is 17.9. The van der Waals surface area contributed by atoms with E-state index in [1.165, 1.54) is 0 Å². The average molecular weight is 410 g/mol. The summed E-state index contributed by atoms with van der Waals surface area (Å²) in [6.07, 6.45) is 7.20. The minimum atomic E-state index is -0.0848. The number of nitrogens with zero attached hydrogens (tertiary/aromatic N) is 1. The van der Waals surface area contributed by atoms with Gasteiger partial charge in [-0.15, -0.1) is 0 Å². The van der Waals surface area contributed by atoms with Crippen molar-refractivity contribution in [2.24, 2.45) is 0 Å². The molecule has 3 heteroatoms. The van der Waals surface area contributed by atoms with Crippen LogP contribution in [0.1, 0.15) is 21.6 Å². The smallest absolute Gasteiger partial charge is 0.188 e. The van der Waals surface area contributed by atoms with Gasteiger partial charge in [-0.25, -0.2) is 0 Å². The number of aromatic nitrogens is 1. The number of rotatable bonds is 5. The molecule has 146 valence electrons. The highest BCUT2D eigenvalue weighted by atomic mass is 35.5.